The average Bonchev–Trinajstić information content (AvgIpc) is 2.41. The predicted octanol–water partition coefficient (Wildman–Crippen LogP) is -0.199. The van der Waals surface area contributed by atoms with Crippen LogP contribution in [0.5, 0.6) is 0 Å². The van der Waals surface area contributed by atoms with E-state index in [4.69, 9.17) is 5.11 Å². The molecular weight excluding hydrogens is 276 g/mol. The Hall–Kier alpha value is -2.70. The molecule has 0 aliphatic carbocycles. The van der Waals surface area contributed by atoms with Crippen LogP contribution in [-0.2, 0) is 20.8 Å². The van der Waals surface area contributed by atoms with Gasteiger partial charge in [-0.15, -0.1) is 0 Å². The van der Waals surface area contributed by atoms with E-state index in [9.17, 15) is 19.2 Å². The molecule has 0 saturated heterocycles. The van der Waals surface area contributed by atoms with Crippen molar-refractivity contribution in [2.75, 3.05) is 6.54 Å². The maximum absolute atomic E-state index is 12.3. The zero-order chi connectivity index (χ0) is 15.6. The number of carboxylic acid groups (broad SMARTS) is 1. The van der Waals surface area contributed by atoms with Crippen molar-refractivity contribution in [1.29, 1.82) is 0 Å². The van der Waals surface area contributed by atoms with Crippen molar-refractivity contribution in [3.05, 3.63) is 35.4 Å². The monoisotopic (exact) mass is 290 g/mol. The van der Waals surface area contributed by atoms with Gasteiger partial charge in [-0.1, -0.05) is 18.2 Å². The predicted molar refractivity (Wildman–Crippen MR) is 71.4 cm³/mol. The summed E-state index contributed by atoms with van der Waals surface area (Å²) in [5.41, 5.74) is 0.999. The molecule has 7 heteroatoms. The molecule has 0 aromatic heterocycles. The van der Waals surface area contributed by atoms with Gasteiger partial charge in [0.15, 0.2) is 0 Å². The number of rotatable bonds is 4. The lowest BCUT2D eigenvalue weighted by molar-refractivity contribution is -0.142. The van der Waals surface area contributed by atoms with E-state index in [1.54, 1.807) is 24.3 Å². The molecule has 2 N–H and O–H groups in total. The third-order valence-corrected chi connectivity index (χ3v) is 3.18. The highest BCUT2D eigenvalue weighted by molar-refractivity contribution is 6.10. The van der Waals surface area contributed by atoms with E-state index in [0.717, 1.165) is 4.90 Å². The van der Waals surface area contributed by atoms with Crippen molar-refractivity contribution in [1.82, 2.24) is 10.2 Å². The molecule has 1 aromatic carbocycles. The van der Waals surface area contributed by atoms with Crippen LogP contribution in [0.15, 0.2) is 24.3 Å². The second kappa shape index (κ2) is 5.74. The molecule has 0 saturated carbocycles. The Balaban J connectivity index is 2.24. The SMILES string of the molecule is CC(=O)NC(CN1C(=O)Cc2ccccc2C1=O)C(=O)O. The first-order chi connectivity index (χ1) is 9.90. The molecule has 1 aromatic rings. The highest BCUT2D eigenvalue weighted by atomic mass is 16.4. The van der Waals surface area contributed by atoms with Gasteiger partial charge in [0, 0.05) is 12.5 Å². The van der Waals surface area contributed by atoms with Crippen LogP contribution in [0.25, 0.3) is 0 Å². The van der Waals surface area contributed by atoms with Crippen LogP contribution >= 0.6 is 0 Å². The van der Waals surface area contributed by atoms with Crippen molar-refractivity contribution in [2.45, 2.75) is 19.4 Å². The summed E-state index contributed by atoms with van der Waals surface area (Å²) in [5, 5.41) is 11.3. The van der Waals surface area contributed by atoms with Crippen LogP contribution < -0.4 is 5.32 Å². The van der Waals surface area contributed by atoms with Gasteiger partial charge in [-0.3, -0.25) is 19.3 Å². The molecule has 0 spiro atoms. The Morgan fingerprint density at radius 3 is 2.62 bits per heavy atom. The van der Waals surface area contributed by atoms with Gasteiger partial charge in [0.1, 0.15) is 6.04 Å². The molecule has 2 rings (SSSR count). The third kappa shape index (κ3) is 3.07. The minimum absolute atomic E-state index is 0.0360. The van der Waals surface area contributed by atoms with Crippen molar-refractivity contribution in [2.24, 2.45) is 0 Å². The quantitative estimate of drug-likeness (QED) is 0.747. The molecule has 3 amide bonds. The average molecular weight is 290 g/mol. The Bertz CT molecular complexity index is 626. The number of carbonyl (C=O) groups excluding carboxylic acids is 3. The summed E-state index contributed by atoms with van der Waals surface area (Å²) in [6.45, 7) is 0.784. The zero-order valence-electron chi connectivity index (χ0n) is 11.3. The Morgan fingerprint density at radius 2 is 2.00 bits per heavy atom. The molecule has 21 heavy (non-hydrogen) atoms. The highest BCUT2D eigenvalue weighted by Crippen LogP contribution is 2.19. The summed E-state index contributed by atoms with van der Waals surface area (Å²) >= 11 is 0. The molecular formula is C14H14N2O5. The zero-order valence-corrected chi connectivity index (χ0v) is 11.3. The van der Waals surface area contributed by atoms with E-state index < -0.39 is 29.7 Å². The van der Waals surface area contributed by atoms with Crippen molar-refractivity contribution >= 4 is 23.7 Å². The molecule has 1 aliphatic heterocycles. The molecule has 0 radical (unpaired) electrons. The molecule has 1 heterocycles. The number of hydrogen-bond acceptors (Lipinski definition) is 4. The van der Waals surface area contributed by atoms with E-state index in [1.165, 1.54) is 6.92 Å². The van der Waals surface area contributed by atoms with E-state index >= 15 is 0 Å². The van der Waals surface area contributed by atoms with Gasteiger partial charge in [0.05, 0.1) is 13.0 Å². The number of fused-ring (bicyclic) bond motifs is 1. The molecule has 7 nitrogen and oxygen atoms in total. The topological polar surface area (TPSA) is 104 Å². The molecule has 1 atom stereocenters. The minimum atomic E-state index is -1.32. The number of carboxylic acids is 1. The van der Waals surface area contributed by atoms with Crippen molar-refractivity contribution in [3.63, 3.8) is 0 Å². The summed E-state index contributed by atoms with van der Waals surface area (Å²) in [4.78, 5) is 47.3. The second-order valence-electron chi connectivity index (χ2n) is 4.73. The lowest BCUT2D eigenvalue weighted by Crippen LogP contribution is -2.53. The number of benzene rings is 1. The first-order valence-electron chi connectivity index (χ1n) is 6.32. The van der Waals surface area contributed by atoms with Gasteiger partial charge in [0.25, 0.3) is 5.91 Å². The lowest BCUT2D eigenvalue weighted by Gasteiger charge is -2.29. The number of nitrogens with one attached hydrogen (secondary N) is 1. The highest BCUT2D eigenvalue weighted by Gasteiger charge is 2.34. The maximum atomic E-state index is 12.3. The van der Waals surface area contributed by atoms with Gasteiger partial charge in [-0.05, 0) is 11.6 Å². The normalized spacial score (nSPS) is 15.4. The van der Waals surface area contributed by atoms with Gasteiger partial charge >= 0.3 is 5.97 Å². The molecule has 110 valence electrons. The van der Waals surface area contributed by atoms with E-state index in [1.807, 2.05) is 0 Å². The van der Waals surface area contributed by atoms with Gasteiger partial charge in [-0.2, -0.15) is 0 Å². The summed E-state index contributed by atoms with van der Waals surface area (Å²) in [7, 11) is 0. The lowest BCUT2D eigenvalue weighted by atomic mass is 9.98. The standard InChI is InChI=1S/C14H14N2O5/c1-8(17)15-11(14(20)21)7-16-12(18)6-9-4-2-3-5-10(9)13(16)19/h2-5,11H,6-7H2,1H3,(H,15,17)(H,20,21). The molecule has 0 bridgehead atoms. The number of hydrogen-bond donors (Lipinski definition) is 2. The van der Waals surface area contributed by atoms with E-state index in [2.05, 4.69) is 5.32 Å². The van der Waals surface area contributed by atoms with Crippen LogP contribution in [0.1, 0.15) is 22.8 Å². The summed E-state index contributed by atoms with van der Waals surface area (Å²) in [6.07, 6.45) is 0.0360. The fourth-order valence-corrected chi connectivity index (χ4v) is 2.20. The third-order valence-electron chi connectivity index (χ3n) is 3.18. The van der Waals surface area contributed by atoms with Gasteiger partial charge in [-0.25, -0.2) is 4.79 Å². The van der Waals surface area contributed by atoms with Crippen molar-refractivity contribution < 1.29 is 24.3 Å². The Kier molecular flexibility index (Phi) is 4.02. The van der Waals surface area contributed by atoms with Crippen LogP contribution in [-0.4, -0.2) is 46.3 Å². The molecule has 1 unspecified atom stereocenters. The minimum Gasteiger partial charge on any atom is -0.480 e. The van der Waals surface area contributed by atoms with Crippen molar-refractivity contribution in [3.8, 4) is 0 Å². The number of amides is 3. The fourth-order valence-electron chi connectivity index (χ4n) is 2.20. The molecule has 0 fully saturated rings. The summed E-state index contributed by atoms with van der Waals surface area (Å²) in [6, 6.07) is 5.36. The number of aliphatic carboxylic acids is 1. The Labute approximate surface area is 120 Å². The summed E-state index contributed by atoms with van der Waals surface area (Å²) < 4.78 is 0. The van der Waals surface area contributed by atoms with Crippen LogP contribution in [0.3, 0.4) is 0 Å². The van der Waals surface area contributed by atoms with Crippen LogP contribution in [0.4, 0.5) is 0 Å². The van der Waals surface area contributed by atoms with E-state index in [-0.39, 0.29) is 13.0 Å². The first kappa shape index (κ1) is 14.7. The van der Waals surface area contributed by atoms with Crippen LogP contribution in [0, 0.1) is 0 Å². The largest absolute Gasteiger partial charge is 0.480 e. The second-order valence-corrected chi connectivity index (χ2v) is 4.73. The first-order valence-corrected chi connectivity index (χ1v) is 6.32. The van der Waals surface area contributed by atoms with Gasteiger partial charge < -0.3 is 10.4 Å². The summed E-state index contributed by atoms with van der Waals surface area (Å²) in [5.74, 6) is -2.86. The van der Waals surface area contributed by atoms with Gasteiger partial charge in [0.2, 0.25) is 11.8 Å². The number of imide groups is 1. The maximum Gasteiger partial charge on any atom is 0.328 e. The van der Waals surface area contributed by atoms with E-state index in [0.29, 0.717) is 11.1 Å². The fraction of sp³-hybridized carbons (Fsp3) is 0.286. The molecule has 1 aliphatic rings. The smallest absolute Gasteiger partial charge is 0.328 e. The number of nitrogens with zero attached hydrogens (tertiary/aromatic N) is 1. The number of carbonyl (C=O) groups is 4. The van der Waals surface area contributed by atoms with Crippen LogP contribution in [0.2, 0.25) is 0 Å². The Morgan fingerprint density at radius 1 is 1.33 bits per heavy atom.